The van der Waals surface area contributed by atoms with Gasteiger partial charge in [0.1, 0.15) is 5.75 Å². The molecule has 0 saturated heterocycles. The molecule has 0 spiro atoms. The number of carboxylic acids is 1. The molecule has 6 nitrogen and oxygen atoms in total. The molecule has 1 atom stereocenters. The number of amides is 2. The molecule has 0 radical (unpaired) electrons. The van der Waals surface area contributed by atoms with Crippen molar-refractivity contribution in [2.45, 2.75) is 19.4 Å². The standard InChI is InChI=1S/C14H16N2O4/c1-3-10(4-2)15-14(19)16-11-5-7-12(8-6-11)20-9-13(17)18/h1,5-8,10H,4,9H2,2H3,(H,17,18)(H2,15,16,19). The van der Waals surface area contributed by atoms with Crippen molar-refractivity contribution in [3.8, 4) is 18.1 Å². The number of nitrogens with one attached hydrogen (secondary N) is 2. The predicted molar refractivity (Wildman–Crippen MR) is 74.6 cm³/mol. The largest absolute Gasteiger partial charge is 0.482 e. The molecule has 0 bridgehead atoms. The Labute approximate surface area is 117 Å². The zero-order chi connectivity index (χ0) is 15.0. The number of aliphatic carboxylic acids is 1. The van der Waals surface area contributed by atoms with Gasteiger partial charge in [-0.15, -0.1) is 6.42 Å². The predicted octanol–water partition coefficient (Wildman–Crippen LogP) is 1.68. The maximum Gasteiger partial charge on any atom is 0.341 e. The molecule has 0 aromatic heterocycles. The summed E-state index contributed by atoms with van der Waals surface area (Å²) in [6.45, 7) is 1.47. The topological polar surface area (TPSA) is 87.7 Å². The summed E-state index contributed by atoms with van der Waals surface area (Å²) in [6.07, 6.45) is 5.89. The highest BCUT2D eigenvalue weighted by Gasteiger charge is 2.07. The third kappa shape index (κ3) is 5.31. The van der Waals surface area contributed by atoms with Gasteiger partial charge in [0.2, 0.25) is 0 Å². The molecule has 106 valence electrons. The Kier molecular flexibility index (Phi) is 5.91. The minimum absolute atomic E-state index is 0.312. The second-order valence-corrected chi connectivity index (χ2v) is 3.93. The Hall–Kier alpha value is -2.68. The number of carbonyl (C=O) groups excluding carboxylic acids is 1. The number of rotatable bonds is 6. The molecule has 1 aromatic carbocycles. The van der Waals surface area contributed by atoms with E-state index < -0.39 is 18.6 Å². The van der Waals surface area contributed by atoms with E-state index in [0.717, 1.165) is 0 Å². The average molecular weight is 276 g/mol. The lowest BCUT2D eigenvalue weighted by molar-refractivity contribution is -0.139. The van der Waals surface area contributed by atoms with Crippen molar-refractivity contribution >= 4 is 17.7 Å². The highest BCUT2D eigenvalue weighted by atomic mass is 16.5. The number of ether oxygens (including phenoxy) is 1. The summed E-state index contributed by atoms with van der Waals surface area (Å²) in [5.74, 6) is 1.82. The number of carboxylic acid groups (broad SMARTS) is 1. The lowest BCUT2D eigenvalue weighted by atomic mass is 10.2. The van der Waals surface area contributed by atoms with Gasteiger partial charge in [-0.25, -0.2) is 9.59 Å². The van der Waals surface area contributed by atoms with E-state index in [1.165, 1.54) is 0 Å². The van der Waals surface area contributed by atoms with Gasteiger partial charge in [0.05, 0.1) is 6.04 Å². The summed E-state index contributed by atoms with van der Waals surface area (Å²) in [7, 11) is 0. The van der Waals surface area contributed by atoms with Gasteiger partial charge in [-0.2, -0.15) is 0 Å². The van der Waals surface area contributed by atoms with Gasteiger partial charge in [0.25, 0.3) is 0 Å². The summed E-state index contributed by atoms with van der Waals surface area (Å²) in [5, 5.41) is 13.7. The molecule has 3 N–H and O–H groups in total. The third-order valence-corrected chi connectivity index (χ3v) is 2.39. The molecule has 0 saturated carbocycles. The first-order valence-corrected chi connectivity index (χ1v) is 6.03. The van der Waals surface area contributed by atoms with Crippen molar-refractivity contribution in [3.05, 3.63) is 24.3 Å². The molecule has 2 amide bonds. The highest BCUT2D eigenvalue weighted by molar-refractivity contribution is 5.89. The maximum absolute atomic E-state index is 11.6. The Morgan fingerprint density at radius 2 is 2.05 bits per heavy atom. The number of hydrogen-bond donors (Lipinski definition) is 3. The van der Waals surface area contributed by atoms with Crippen molar-refractivity contribution in [3.63, 3.8) is 0 Å². The molecule has 0 fully saturated rings. The van der Waals surface area contributed by atoms with E-state index in [9.17, 15) is 9.59 Å². The van der Waals surface area contributed by atoms with Gasteiger partial charge in [-0.05, 0) is 30.7 Å². The van der Waals surface area contributed by atoms with Gasteiger partial charge >= 0.3 is 12.0 Å². The molecule has 0 aliphatic heterocycles. The van der Waals surface area contributed by atoms with E-state index in [0.29, 0.717) is 17.9 Å². The van der Waals surface area contributed by atoms with Crippen LogP contribution in [0.15, 0.2) is 24.3 Å². The average Bonchev–Trinajstić information content (AvgIpc) is 2.44. The van der Waals surface area contributed by atoms with Crippen LogP contribution in [-0.4, -0.2) is 29.8 Å². The summed E-state index contributed by atoms with van der Waals surface area (Å²) < 4.78 is 4.97. The Morgan fingerprint density at radius 1 is 1.40 bits per heavy atom. The lowest BCUT2D eigenvalue weighted by Gasteiger charge is -2.12. The Bertz CT molecular complexity index is 505. The van der Waals surface area contributed by atoms with Crippen LogP contribution in [0.4, 0.5) is 10.5 Å². The van der Waals surface area contributed by atoms with Crippen LogP contribution in [0.1, 0.15) is 13.3 Å². The van der Waals surface area contributed by atoms with Gasteiger partial charge < -0.3 is 20.5 Å². The monoisotopic (exact) mass is 276 g/mol. The molecule has 0 aliphatic rings. The van der Waals surface area contributed by atoms with Gasteiger partial charge in [-0.1, -0.05) is 12.8 Å². The fourth-order valence-corrected chi connectivity index (χ4v) is 1.37. The van der Waals surface area contributed by atoms with Gasteiger partial charge in [0.15, 0.2) is 6.61 Å². The van der Waals surface area contributed by atoms with Crippen LogP contribution in [0, 0.1) is 12.3 Å². The van der Waals surface area contributed by atoms with Crippen LogP contribution in [0.3, 0.4) is 0 Å². The molecule has 1 aromatic rings. The minimum Gasteiger partial charge on any atom is -0.482 e. The second kappa shape index (κ2) is 7.69. The maximum atomic E-state index is 11.6. The van der Waals surface area contributed by atoms with E-state index >= 15 is 0 Å². The van der Waals surface area contributed by atoms with Crippen molar-refractivity contribution < 1.29 is 19.4 Å². The van der Waals surface area contributed by atoms with E-state index in [2.05, 4.69) is 16.6 Å². The minimum atomic E-state index is -1.05. The highest BCUT2D eigenvalue weighted by Crippen LogP contribution is 2.15. The summed E-state index contributed by atoms with van der Waals surface area (Å²) in [6, 6.07) is 5.64. The number of anilines is 1. The van der Waals surface area contributed by atoms with Crippen LogP contribution < -0.4 is 15.4 Å². The zero-order valence-electron chi connectivity index (χ0n) is 11.1. The molecule has 6 heteroatoms. The van der Waals surface area contributed by atoms with Crippen molar-refractivity contribution in [2.75, 3.05) is 11.9 Å². The van der Waals surface area contributed by atoms with E-state index in [4.69, 9.17) is 16.3 Å². The first-order valence-electron chi connectivity index (χ1n) is 6.03. The number of hydrogen-bond acceptors (Lipinski definition) is 3. The van der Waals surface area contributed by atoms with E-state index in [1.807, 2.05) is 6.92 Å². The number of terminal acetylenes is 1. The fraction of sp³-hybridized carbons (Fsp3) is 0.286. The Balaban J connectivity index is 2.51. The van der Waals surface area contributed by atoms with Crippen LogP contribution in [0.25, 0.3) is 0 Å². The second-order valence-electron chi connectivity index (χ2n) is 3.93. The van der Waals surface area contributed by atoms with Crippen LogP contribution in [0.2, 0.25) is 0 Å². The molecule has 1 rings (SSSR count). The molecule has 1 unspecified atom stereocenters. The number of urea groups is 1. The zero-order valence-corrected chi connectivity index (χ0v) is 11.1. The molecular weight excluding hydrogens is 260 g/mol. The smallest absolute Gasteiger partial charge is 0.341 e. The molecule has 0 heterocycles. The molecule has 0 aliphatic carbocycles. The molecule has 20 heavy (non-hydrogen) atoms. The summed E-state index contributed by atoms with van der Waals surface area (Å²) >= 11 is 0. The van der Waals surface area contributed by atoms with Crippen molar-refractivity contribution in [1.82, 2.24) is 5.32 Å². The Morgan fingerprint density at radius 3 is 2.55 bits per heavy atom. The van der Waals surface area contributed by atoms with Crippen LogP contribution in [-0.2, 0) is 4.79 Å². The van der Waals surface area contributed by atoms with Crippen molar-refractivity contribution in [2.24, 2.45) is 0 Å². The van der Waals surface area contributed by atoms with Gasteiger partial charge in [-0.3, -0.25) is 0 Å². The van der Waals surface area contributed by atoms with Crippen LogP contribution in [0.5, 0.6) is 5.75 Å². The summed E-state index contributed by atoms with van der Waals surface area (Å²) in [4.78, 5) is 22.0. The quantitative estimate of drug-likeness (QED) is 0.690. The van der Waals surface area contributed by atoms with E-state index in [-0.39, 0.29) is 6.04 Å². The van der Waals surface area contributed by atoms with Crippen LogP contribution >= 0.6 is 0 Å². The first-order chi connectivity index (χ1) is 9.55. The number of carbonyl (C=O) groups is 2. The summed E-state index contributed by atoms with van der Waals surface area (Å²) in [5.41, 5.74) is 0.553. The lowest BCUT2D eigenvalue weighted by Crippen LogP contribution is -2.36. The SMILES string of the molecule is C#CC(CC)NC(=O)Nc1ccc(OCC(=O)O)cc1. The number of benzene rings is 1. The van der Waals surface area contributed by atoms with Crippen molar-refractivity contribution in [1.29, 1.82) is 0 Å². The normalized spacial score (nSPS) is 11.0. The van der Waals surface area contributed by atoms with E-state index in [1.54, 1.807) is 24.3 Å². The third-order valence-electron chi connectivity index (χ3n) is 2.39. The fourth-order valence-electron chi connectivity index (χ4n) is 1.37. The molecular formula is C14H16N2O4. The van der Waals surface area contributed by atoms with Gasteiger partial charge in [0, 0.05) is 5.69 Å². The first kappa shape index (κ1) is 15.4.